The maximum absolute atomic E-state index is 13.3. The lowest BCUT2D eigenvalue weighted by molar-refractivity contribution is -0.146. The van der Waals surface area contributed by atoms with E-state index in [1.165, 1.54) is 30.4 Å². The van der Waals surface area contributed by atoms with Crippen molar-refractivity contribution < 1.29 is 14.4 Å². The van der Waals surface area contributed by atoms with Gasteiger partial charge >= 0.3 is 11.8 Å². The molecule has 3 aromatic rings. The molecule has 0 radical (unpaired) electrons. The molecule has 4 atom stereocenters. The molecule has 2 fully saturated rings. The van der Waals surface area contributed by atoms with Crippen LogP contribution in [0.1, 0.15) is 73.1 Å². The van der Waals surface area contributed by atoms with E-state index >= 15 is 0 Å². The molecule has 220 valence electrons. The minimum absolute atomic E-state index is 0.210. The number of hydrogen-bond acceptors (Lipinski definition) is 7. The highest BCUT2D eigenvalue weighted by Crippen LogP contribution is 2.34. The number of rotatable bonds is 6. The van der Waals surface area contributed by atoms with E-state index in [-0.39, 0.29) is 23.2 Å². The van der Waals surface area contributed by atoms with Crippen LogP contribution in [0.3, 0.4) is 0 Å². The summed E-state index contributed by atoms with van der Waals surface area (Å²) >= 11 is 0. The summed E-state index contributed by atoms with van der Waals surface area (Å²) in [7, 11) is 0. The summed E-state index contributed by atoms with van der Waals surface area (Å²) in [5, 5.41) is 6.20. The van der Waals surface area contributed by atoms with Crippen LogP contribution in [-0.4, -0.2) is 40.7 Å². The van der Waals surface area contributed by atoms with E-state index in [1.54, 1.807) is 17.0 Å². The van der Waals surface area contributed by atoms with Gasteiger partial charge in [-0.3, -0.25) is 30.2 Å². The third-order valence-electron chi connectivity index (χ3n) is 8.15. The molecule has 6 N–H and O–H groups in total. The standard InChI is InChI=1S/C32H39N7O3/c1-20-3-13-28(35-16-20)22-7-11-26(12-8-22)37-38-30(40)24-15-27(18-34-17-24)36-31(41)32(42)39-19-21(2)4-14-29(39)23-5-9-25(33)10-6-23/h5-12,15,17-18,20-21,28-29,35,37H,3-4,13-14,16,19,33H2,1-2H3,(H,36,41)(H,38,40)/t20?,21-,28?,29+/m0/s1. The molecule has 2 aromatic carbocycles. The number of carbonyl (C=O) groups is 3. The number of likely N-dealkylation sites (tertiary alicyclic amines) is 1. The quantitative estimate of drug-likeness (QED) is 0.168. The van der Waals surface area contributed by atoms with Gasteiger partial charge in [0.25, 0.3) is 5.91 Å². The minimum Gasteiger partial charge on any atom is -0.399 e. The van der Waals surface area contributed by atoms with Gasteiger partial charge in [0, 0.05) is 24.5 Å². The third kappa shape index (κ3) is 7.06. The Morgan fingerprint density at radius 2 is 1.60 bits per heavy atom. The highest BCUT2D eigenvalue weighted by atomic mass is 16.2. The van der Waals surface area contributed by atoms with Gasteiger partial charge in [0.1, 0.15) is 0 Å². The van der Waals surface area contributed by atoms with Crippen LogP contribution in [0.2, 0.25) is 0 Å². The van der Waals surface area contributed by atoms with Crippen LogP contribution in [0.4, 0.5) is 17.1 Å². The lowest BCUT2D eigenvalue weighted by Gasteiger charge is -2.38. The molecule has 2 aliphatic heterocycles. The highest BCUT2D eigenvalue weighted by molar-refractivity contribution is 6.39. The minimum atomic E-state index is -0.774. The fourth-order valence-electron chi connectivity index (χ4n) is 5.67. The molecule has 0 spiro atoms. The van der Waals surface area contributed by atoms with Gasteiger partial charge in [-0.2, -0.15) is 0 Å². The van der Waals surface area contributed by atoms with Crippen molar-refractivity contribution in [2.45, 2.75) is 51.6 Å². The van der Waals surface area contributed by atoms with E-state index in [4.69, 9.17) is 5.73 Å². The lowest BCUT2D eigenvalue weighted by Crippen LogP contribution is -2.46. The molecule has 0 aliphatic carbocycles. The summed E-state index contributed by atoms with van der Waals surface area (Å²) < 4.78 is 0. The van der Waals surface area contributed by atoms with Gasteiger partial charge in [-0.1, -0.05) is 38.1 Å². The van der Waals surface area contributed by atoms with Gasteiger partial charge in [0.05, 0.1) is 29.2 Å². The van der Waals surface area contributed by atoms with Crippen LogP contribution < -0.4 is 27.2 Å². The van der Waals surface area contributed by atoms with Gasteiger partial charge in [-0.15, -0.1) is 0 Å². The van der Waals surface area contributed by atoms with Crippen LogP contribution in [0, 0.1) is 11.8 Å². The number of pyridine rings is 1. The first-order chi connectivity index (χ1) is 20.3. The van der Waals surface area contributed by atoms with Crippen molar-refractivity contribution in [1.82, 2.24) is 20.6 Å². The largest absolute Gasteiger partial charge is 0.399 e. The van der Waals surface area contributed by atoms with Crippen molar-refractivity contribution >= 4 is 34.8 Å². The monoisotopic (exact) mass is 569 g/mol. The maximum Gasteiger partial charge on any atom is 0.313 e. The number of hydrogen-bond donors (Lipinski definition) is 5. The number of carbonyl (C=O) groups excluding carboxylic acids is 3. The number of nitrogens with zero attached hydrogens (tertiary/aromatic N) is 2. The van der Waals surface area contributed by atoms with E-state index < -0.39 is 17.7 Å². The number of hydrazine groups is 1. The summed E-state index contributed by atoms with van der Waals surface area (Å²) in [4.78, 5) is 44.9. The van der Waals surface area contributed by atoms with Gasteiger partial charge in [0.15, 0.2) is 0 Å². The van der Waals surface area contributed by atoms with Crippen LogP contribution in [0.5, 0.6) is 0 Å². The Labute approximate surface area is 246 Å². The van der Waals surface area contributed by atoms with Gasteiger partial charge in [-0.25, -0.2) is 0 Å². The van der Waals surface area contributed by atoms with Crippen LogP contribution in [-0.2, 0) is 9.59 Å². The Hall–Kier alpha value is -4.44. The Bertz CT molecular complexity index is 1400. The smallest absolute Gasteiger partial charge is 0.313 e. The summed E-state index contributed by atoms with van der Waals surface area (Å²) in [6.45, 7) is 5.82. The normalized spacial score (nSPS) is 22.2. The molecule has 42 heavy (non-hydrogen) atoms. The molecule has 5 rings (SSSR count). The SMILES string of the molecule is CC1CCC(c2ccc(NNC(=O)c3cncc(NC(=O)C(=O)N4C[C@@H](C)CC[C@@H]4c4ccc(N)cc4)c3)cc2)NC1. The second kappa shape index (κ2) is 13.0. The first kappa shape index (κ1) is 29.1. The number of aromatic nitrogens is 1. The first-order valence-electron chi connectivity index (χ1n) is 14.6. The third-order valence-corrected chi connectivity index (χ3v) is 8.15. The van der Waals surface area contributed by atoms with Crippen molar-refractivity contribution in [2.75, 3.05) is 29.6 Å². The van der Waals surface area contributed by atoms with E-state index in [2.05, 4.69) is 52.4 Å². The van der Waals surface area contributed by atoms with Crippen LogP contribution in [0.15, 0.2) is 67.0 Å². The predicted molar refractivity (Wildman–Crippen MR) is 163 cm³/mol. The zero-order valence-electron chi connectivity index (χ0n) is 24.1. The highest BCUT2D eigenvalue weighted by Gasteiger charge is 2.34. The molecule has 10 heteroatoms. The molecule has 1 aromatic heterocycles. The summed E-state index contributed by atoms with van der Waals surface area (Å²) in [5.74, 6) is -0.849. The maximum atomic E-state index is 13.3. The van der Waals surface area contributed by atoms with Crippen molar-refractivity contribution in [1.29, 1.82) is 0 Å². The number of nitrogen functional groups attached to an aromatic ring is 1. The first-order valence-corrected chi connectivity index (χ1v) is 14.6. The number of piperidine rings is 2. The van der Waals surface area contributed by atoms with E-state index in [9.17, 15) is 14.4 Å². The number of nitrogens with two attached hydrogens (primary N) is 1. The molecular weight excluding hydrogens is 530 g/mol. The van der Waals surface area contributed by atoms with Gasteiger partial charge < -0.3 is 21.3 Å². The summed E-state index contributed by atoms with van der Waals surface area (Å²) in [6.07, 6.45) is 6.83. The summed E-state index contributed by atoms with van der Waals surface area (Å²) in [6, 6.07) is 17.0. The molecule has 10 nitrogen and oxygen atoms in total. The molecule has 2 aliphatic rings. The molecule has 0 saturated carbocycles. The zero-order chi connectivity index (χ0) is 29.6. The van der Waals surface area contributed by atoms with Crippen molar-refractivity contribution in [3.8, 4) is 0 Å². The van der Waals surface area contributed by atoms with Crippen molar-refractivity contribution in [3.63, 3.8) is 0 Å². The summed E-state index contributed by atoms with van der Waals surface area (Å²) in [5.41, 5.74) is 15.5. The fourth-order valence-corrected chi connectivity index (χ4v) is 5.67. The Morgan fingerprint density at radius 1 is 0.881 bits per heavy atom. The van der Waals surface area contributed by atoms with Gasteiger partial charge in [-0.05, 0) is 85.5 Å². The number of amides is 3. The topological polar surface area (TPSA) is 141 Å². The fraction of sp³-hybridized carbons (Fsp3) is 0.375. The number of anilines is 3. The van der Waals surface area contributed by atoms with Crippen molar-refractivity contribution in [3.05, 3.63) is 83.7 Å². The Balaban J connectivity index is 1.18. The Morgan fingerprint density at radius 3 is 2.31 bits per heavy atom. The second-order valence-corrected chi connectivity index (χ2v) is 11.6. The molecule has 3 heterocycles. The van der Waals surface area contributed by atoms with Crippen LogP contribution >= 0.6 is 0 Å². The molecular formula is C32H39N7O3. The lowest BCUT2D eigenvalue weighted by atomic mass is 9.89. The zero-order valence-corrected chi connectivity index (χ0v) is 24.1. The molecule has 2 unspecified atom stereocenters. The molecule has 0 bridgehead atoms. The number of nitrogens with one attached hydrogen (secondary N) is 4. The average Bonchev–Trinajstić information content (AvgIpc) is 3.01. The predicted octanol–water partition coefficient (Wildman–Crippen LogP) is 4.42. The van der Waals surface area contributed by atoms with Crippen LogP contribution in [0.25, 0.3) is 0 Å². The molecule has 2 saturated heterocycles. The van der Waals surface area contributed by atoms with Gasteiger partial charge in [0.2, 0.25) is 0 Å². The second-order valence-electron chi connectivity index (χ2n) is 11.6. The van der Waals surface area contributed by atoms with Crippen molar-refractivity contribution in [2.24, 2.45) is 11.8 Å². The van der Waals surface area contributed by atoms with E-state index in [0.29, 0.717) is 24.2 Å². The average molecular weight is 570 g/mol. The Kier molecular flexibility index (Phi) is 9.02. The molecule has 3 amide bonds. The van der Waals surface area contributed by atoms with E-state index in [0.717, 1.165) is 37.1 Å². The number of benzene rings is 2. The van der Waals surface area contributed by atoms with E-state index in [1.807, 2.05) is 24.3 Å².